The van der Waals surface area contributed by atoms with E-state index in [1.807, 2.05) is 24.3 Å². The maximum Gasteiger partial charge on any atom is 0.259 e. The highest BCUT2D eigenvalue weighted by Gasteiger charge is 2.13. The van der Waals surface area contributed by atoms with Gasteiger partial charge in [-0.25, -0.2) is 0 Å². The number of nitrogens with one attached hydrogen (secondary N) is 1. The van der Waals surface area contributed by atoms with Gasteiger partial charge in [0.05, 0.1) is 19.3 Å². The molecule has 110 valence electrons. The summed E-state index contributed by atoms with van der Waals surface area (Å²) in [7, 11) is 3.14. The zero-order valence-corrected chi connectivity index (χ0v) is 12.6. The van der Waals surface area contributed by atoms with Crippen LogP contribution in [0.15, 0.2) is 42.5 Å². The molecule has 0 heterocycles. The Morgan fingerprint density at radius 2 is 2.00 bits per heavy atom. The molecule has 5 heteroatoms. The largest absolute Gasteiger partial charge is 0.496 e. The number of amides is 1. The van der Waals surface area contributed by atoms with Crippen LogP contribution in [0.1, 0.15) is 15.9 Å². The van der Waals surface area contributed by atoms with E-state index in [4.69, 9.17) is 21.1 Å². The number of methoxy groups -OCH3 is 2. The van der Waals surface area contributed by atoms with Gasteiger partial charge in [-0.2, -0.15) is 0 Å². The quantitative estimate of drug-likeness (QED) is 0.915. The van der Waals surface area contributed by atoms with E-state index in [0.29, 0.717) is 28.6 Å². The highest BCUT2D eigenvalue weighted by atomic mass is 35.5. The Labute approximate surface area is 128 Å². The van der Waals surface area contributed by atoms with Gasteiger partial charge in [0.15, 0.2) is 0 Å². The van der Waals surface area contributed by atoms with Crippen LogP contribution in [-0.2, 0) is 11.3 Å². The minimum atomic E-state index is -0.274. The first-order valence-corrected chi connectivity index (χ1v) is 6.74. The van der Waals surface area contributed by atoms with Gasteiger partial charge in [0.25, 0.3) is 5.91 Å². The number of carbonyl (C=O) groups excluding carboxylic acids is 1. The van der Waals surface area contributed by atoms with Crippen LogP contribution in [0.4, 0.5) is 5.69 Å². The molecular formula is C16H16ClNO3. The molecule has 2 aromatic rings. The van der Waals surface area contributed by atoms with Crippen molar-refractivity contribution < 1.29 is 14.3 Å². The molecule has 0 aliphatic carbocycles. The number of benzene rings is 2. The lowest BCUT2D eigenvalue weighted by Gasteiger charge is -2.10. The number of ether oxygens (including phenoxy) is 2. The van der Waals surface area contributed by atoms with Crippen LogP contribution in [-0.4, -0.2) is 20.1 Å². The maximum absolute atomic E-state index is 12.3. The van der Waals surface area contributed by atoms with Crippen LogP contribution in [0.5, 0.6) is 5.75 Å². The third-order valence-electron chi connectivity index (χ3n) is 2.90. The zero-order valence-electron chi connectivity index (χ0n) is 11.9. The lowest BCUT2D eigenvalue weighted by atomic mass is 10.1. The molecule has 0 saturated heterocycles. The van der Waals surface area contributed by atoms with Crippen LogP contribution in [0.25, 0.3) is 0 Å². The molecule has 0 spiro atoms. The Kier molecular flexibility index (Phi) is 5.20. The van der Waals surface area contributed by atoms with Gasteiger partial charge in [-0.1, -0.05) is 23.7 Å². The van der Waals surface area contributed by atoms with Gasteiger partial charge in [0.1, 0.15) is 5.75 Å². The van der Waals surface area contributed by atoms with Crippen molar-refractivity contribution in [2.45, 2.75) is 6.61 Å². The van der Waals surface area contributed by atoms with Crippen LogP contribution in [0, 0.1) is 0 Å². The van der Waals surface area contributed by atoms with Crippen molar-refractivity contribution in [2.24, 2.45) is 0 Å². The van der Waals surface area contributed by atoms with Crippen molar-refractivity contribution >= 4 is 23.2 Å². The Morgan fingerprint density at radius 3 is 2.71 bits per heavy atom. The van der Waals surface area contributed by atoms with E-state index in [9.17, 15) is 4.79 Å². The maximum atomic E-state index is 12.3. The van der Waals surface area contributed by atoms with Gasteiger partial charge in [0, 0.05) is 17.8 Å². The Balaban J connectivity index is 2.21. The van der Waals surface area contributed by atoms with E-state index >= 15 is 0 Å². The van der Waals surface area contributed by atoms with Crippen molar-refractivity contribution in [1.82, 2.24) is 0 Å². The first kappa shape index (κ1) is 15.4. The summed E-state index contributed by atoms with van der Waals surface area (Å²) in [5.74, 6) is 0.203. The second-order valence-corrected chi connectivity index (χ2v) is 4.87. The molecule has 2 aromatic carbocycles. The molecule has 1 amide bonds. The summed E-state index contributed by atoms with van der Waals surface area (Å²) < 4.78 is 10.3. The van der Waals surface area contributed by atoms with E-state index < -0.39 is 0 Å². The number of rotatable bonds is 5. The molecule has 21 heavy (non-hydrogen) atoms. The van der Waals surface area contributed by atoms with Gasteiger partial charge in [0.2, 0.25) is 0 Å². The molecule has 4 nitrogen and oxygen atoms in total. The number of hydrogen-bond acceptors (Lipinski definition) is 3. The third-order valence-corrected chi connectivity index (χ3v) is 3.14. The van der Waals surface area contributed by atoms with Crippen LogP contribution in [0.3, 0.4) is 0 Å². The summed E-state index contributed by atoms with van der Waals surface area (Å²) in [6.07, 6.45) is 0. The predicted molar refractivity (Wildman–Crippen MR) is 83.1 cm³/mol. The van der Waals surface area contributed by atoms with Gasteiger partial charge in [-0.3, -0.25) is 4.79 Å². The molecule has 0 unspecified atom stereocenters. The smallest absolute Gasteiger partial charge is 0.259 e. The standard InChI is InChI=1S/C16H16ClNO3/c1-20-10-11-4-3-5-13(8-11)18-16(19)14-9-12(17)6-7-15(14)21-2/h3-9H,10H2,1-2H3,(H,18,19). The van der Waals surface area contributed by atoms with E-state index in [-0.39, 0.29) is 5.91 Å². The molecule has 0 saturated carbocycles. The first-order chi connectivity index (χ1) is 10.1. The first-order valence-electron chi connectivity index (χ1n) is 6.37. The molecular weight excluding hydrogens is 290 g/mol. The van der Waals surface area contributed by atoms with Gasteiger partial charge in [-0.15, -0.1) is 0 Å². The average Bonchev–Trinajstić information content (AvgIpc) is 2.48. The molecule has 0 aromatic heterocycles. The molecule has 1 N–H and O–H groups in total. The summed E-state index contributed by atoms with van der Waals surface area (Å²) >= 11 is 5.94. The Hall–Kier alpha value is -2.04. The molecule has 0 atom stereocenters. The van der Waals surface area contributed by atoms with Crippen molar-refractivity contribution in [3.8, 4) is 5.75 Å². The summed E-state index contributed by atoms with van der Waals surface area (Å²) in [4.78, 5) is 12.3. The highest BCUT2D eigenvalue weighted by Crippen LogP contribution is 2.24. The van der Waals surface area contributed by atoms with Crippen LogP contribution in [0.2, 0.25) is 5.02 Å². The third kappa shape index (κ3) is 3.97. The number of carbonyl (C=O) groups is 1. The minimum Gasteiger partial charge on any atom is -0.496 e. The summed E-state index contributed by atoms with van der Waals surface area (Å²) in [6, 6.07) is 12.4. The lowest BCUT2D eigenvalue weighted by Crippen LogP contribution is -2.13. The van der Waals surface area contributed by atoms with Gasteiger partial charge >= 0.3 is 0 Å². The fourth-order valence-corrected chi connectivity index (χ4v) is 2.13. The van der Waals surface area contributed by atoms with Crippen molar-refractivity contribution in [2.75, 3.05) is 19.5 Å². The molecule has 0 fully saturated rings. The molecule has 0 aliphatic heterocycles. The Morgan fingerprint density at radius 1 is 1.19 bits per heavy atom. The van der Waals surface area contributed by atoms with Crippen molar-refractivity contribution in [3.63, 3.8) is 0 Å². The Bertz CT molecular complexity index is 643. The number of anilines is 1. The fourth-order valence-electron chi connectivity index (χ4n) is 1.96. The summed E-state index contributed by atoms with van der Waals surface area (Å²) in [5.41, 5.74) is 2.06. The zero-order chi connectivity index (χ0) is 15.2. The second kappa shape index (κ2) is 7.11. The van der Waals surface area contributed by atoms with E-state index in [1.165, 1.54) is 7.11 Å². The topological polar surface area (TPSA) is 47.6 Å². The normalized spacial score (nSPS) is 10.2. The van der Waals surface area contributed by atoms with Crippen molar-refractivity contribution in [3.05, 3.63) is 58.6 Å². The lowest BCUT2D eigenvalue weighted by molar-refractivity contribution is 0.102. The summed E-state index contributed by atoms with van der Waals surface area (Å²) in [6.45, 7) is 0.490. The SMILES string of the molecule is COCc1cccc(NC(=O)c2cc(Cl)ccc2OC)c1. The molecule has 2 rings (SSSR count). The number of hydrogen-bond donors (Lipinski definition) is 1. The van der Waals surface area contributed by atoms with Crippen molar-refractivity contribution in [1.29, 1.82) is 0 Å². The van der Waals surface area contributed by atoms with Gasteiger partial charge in [-0.05, 0) is 35.9 Å². The molecule has 0 bridgehead atoms. The van der Waals surface area contributed by atoms with Crippen LogP contribution < -0.4 is 10.1 Å². The van der Waals surface area contributed by atoms with E-state index in [1.54, 1.807) is 25.3 Å². The molecule has 0 aliphatic rings. The van der Waals surface area contributed by atoms with E-state index in [0.717, 1.165) is 5.56 Å². The molecule has 0 radical (unpaired) electrons. The fraction of sp³-hybridized carbons (Fsp3) is 0.188. The van der Waals surface area contributed by atoms with Gasteiger partial charge < -0.3 is 14.8 Å². The highest BCUT2D eigenvalue weighted by molar-refractivity contribution is 6.31. The predicted octanol–water partition coefficient (Wildman–Crippen LogP) is 3.75. The van der Waals surface area contributed by atoms with Crippen LogP contribution >= 0.6 is 11.6 Å². The second-order valence-electron chi connectivity index (χ2n) is 4.43. The van der Waals surface area contributed by atoms with E-state index in [2.05, 4.69) is 5.32 Å². The average molecular weight is 306 g/mol. The summed E-state index contributed by atoms with van der Waals surface area (Å²) in [5, 5.41) is 3.31. The minimum absolute atomic E-state index is 0.274. The number of halogens is 1. The monoisotopic (exact) mass is 305 g/mol.